The summed E-state index contributed by atoms with van der Waals surface area (Å²) in [5.74, 6) is -0.419. The molecule has 1 aliphatic carbocycles. The van der Waals surface area contributed by atoms with Crippen LogP contribution in [0.3, 0.4) is 0 Å². The van der Waals surface area contributed by atoms with E-state index in [0.717, 1.165) is 11.1 Å². The molecule has 3 rings (SSSR count). The molecule has 1 N–H and O–H groups in total. The Balaban J connectivity index is 2.10. The van der Waals surface area contributed by atoms with Crippen LogP contribution in [0.25, 0.3) is 26.8 Å². The lowest BCUT2D eigenvalue weighted by molar-refractivity contribution is 0.104. The molecular weight excluding hydrogens is 316 g/mol. The van der Waals surface area contributed by atoms with Gasteiger partial charge in [-0.15, -0.1) is 0 Å². The molecule has 7 nitrogen and oxygen atoms in total. The summed E-state index contributed by atoms with van der Waals surface area (Å²) in [5.41, 5.74) is 10.1. The molecule has 0 aliphatic heterocycles. The van der Waals surface area contributed by atoms with Crippen LogP contribution in [-0.4, -0.2) is 18.9 Å². The molecule has 0 atom stereocenters. The van der Waals surface area contributed by atoms with E-state index in [2.05, 4.69) is 15.3 Å². The maximum atomic E-state index is 12.5. The van der Waals surface area contributed by atoms with Gasteiger partial charge in [0.2, 0.25) is 5.78 Å². The minimum atomic E-state index is -0.419. The molecule has 1 aliphatic rings. The summed E-state index contributed by atoms with van der Waals surface area (Å²) in [7, 11) is 0. The van der Waals surface area contributed by atoms with E-state index < -0.39 is 5.78 Å². The normalized spacial score (nSPS) is 12.3. The second kappa shape index (κ2) is 6.76. The smallest absolute Gasteiger partial charge is 0.205 e. The Bertz CT molecular complexity index is 1050. The van der Waals surface area contributed by atoms with Gasteiger partial charge >= 0.3 is 0 Å². The van der Waals surface area contributed by atoms with Crippen LogP contribution >= 0.6 is 0 Å². The number of anilines is 1. The minimum Gasteiger partial charge on any atom is -0.385 e. The molecule has 0 heterocycles. The first-order valence-corrected chi connectivity index (χ1v) is 7.63. The predicted molar refractivity (Wildman–Crippen MR) is 93.5 cm³/mol. The summed E-state index contributed by atoms with van der Waals surface area (Å²) < 4.78 is 0. The zero-order chi connectivity index (χ0) is 17.8. The molecule has 0 saturated heterocycles. The van der Waals surface area contributed by atoms with Gasteiger partial charge in [-0.3, -0.25) is 4.79 Å². The number of carbonyl (C=O) groups excluding carboxylic acids is 1. The van der Waals surface area contributed by atoms with Crippen LogP contribution in [0.2, 0.25) is 0 Å². The SMILES string of the molecule is N#CC1=C(C#N)c2ccc(NCCCN=[N+]=[N-])c3cccc(c23)C1=O. The largest absolute Gasteiger partial charge is 0.385 e. The van der Waals surface area contributed by atoms with Gasteiger partial charge in [0.05, 0.1) is 5.57 Å². The van der Waals surface area contributed by atoms with Crippen LogP contribution in [-0.2, 0) is 0 Å². The molecule has 0 radical (unpaired) electrons. The van der Waals surface area contributed by atoms with Crippen molar-refractivity contribution in [2.24, 2.45) is 5.11 Å². The summed E-state index contributed by atoms with van der Waals surface area (Å²) in [4.78, 5) is 15.3. The zero-order valence-corrected chi connectivity index (χ0v) is 13.2. The molecule has 0 aromatic heterocycles. The highest BCUT2D eigenvalue weighted by atomic mass is 16.1. The Morgan fingerprint density at radius 3 is 2.64 bits per heavy atom. The number of Topliss-reactive ketones (excluding diaryl/α,β-unsaturated/α-hetero) is 1. The van der Waals surface area contributed by atoms with Gasteiger partial charge in [-0.25, -0.2) is 0 Å². The number of hydrogen-bond donors (Lipinski definition) is 1. The fourth-order valence-electron chi connectivity index (χ4n) is 2.98. The number of hydrogen-bond acceptors (Lipinski definition) is 5. The Hall–Kier alpha value is -3.80. The van der Waals surface area contributed by atoms with Crippen LogP contribution in [0.4, 0.5) is 5.69 Å². The van der Waals surface area contributed by atoms with Crippen molar-refractivity contribution in [1.82, 2.24) is 0 Å². The molecule has 0 fully saturated rings. The number of nitrogens with one attached hydrogen (secondary N) is 1. The third kappa shape index (κ3) is 2.66. The average Bonchev–Trinajstić information content (AvgIpc) is 2.64. The molecular formula is C18H12N6O. The molecule has 120 valence electrons. The van der Waals surface area contributed by atoms with E-state index in [1.54, 1.807) is 18.2 Å². The third-order valence-electron chi connectivity index (χ3n) is 4.07. The molecule has 2 aromatic rings. The number of nitriles is 2. The van der Waals surface area contributed by atoms with Gasteiger partial charge in [-0.05, 0) is 18.0 Å². The molecule has 0 unspecified atom stereocenters. The number of benzene rings is 2. The second-order valence-electron chi connectivity index (χ2n) is 5.43. The van der Waals surface area contributed by atoms with Gasteiger partial charge < -0.3 is 5.32 Å². The zero-order valence-electron chi connectivity index (χ0n) is 13.2. The van der Waals surface area contributed by atoms with Crippen LogP contribution in [0, 0.1) is 22.7 Å². The van der Waals surface area contributed by atoms with E-state index in [4.69, 9.17) is 5.53 Å². The Morgan fingerprint density at radius 2 is 1.92 bits per heavy atom. The van der Waals surface area contributed by atoms with Crippen LogP contribution in [0.5, 0.6) is 0 Å². The number of azide groups is 1. The molecule has 25 heavy (non-hydrogen) atoms. The van der Waals surface area contributed by atoms with Crippen LogP contribution in [0.1, 0.15) is 22.3 Å². The van der Waals surface area contributed by atoms with E-state index >= 15 is 0 Å². The maximum Gasteiger partial charge on any atom is 0.205 e. The summed E-state index contributed by atoms with van der Waals surface area (Å²) in [6.45, 7) is 1.01. The van der Waals surface area contributed by atoms with Crippen molar-refractivity contribution in [3.63, 3.8) is 0 Å². The molecule has 0 spiro atoms. The van der Waals surface area contributed by atoms with Crippen molar-refractivity contribution < 1.29 is 4.79 Å². The number of ketones is 1. The lowest BCUT2D eigenvalue weighted by Crippen LogP contribution is -2.12. The molecule has 0 bridgehead atoms. The fourth-order valence-corrected chi connectivity index (χ4v) is 2.98. The van der Waals surface area contributed by atoms with E-state index in [1.165, 1.54) is 0 Å². The Morgan fingerprint density at radius 1 is 1.12 bits per heavy atom. The highest BCUT2D eigenvalue weighted by Crippen LogP contribution is 2.38. The Kier molecular flexibility index (Phi) is 4.34. The summed E-state index contributed by atoms with van der Waals surface area (Å²) in [5, 5.41) is 26.9. The van der Waals surface area contributed by atoms with E-state index in [9.17, 15) is 15.3 Å². The summed E-state index contributed by atoms with van der Waals surface area (Å²) >= 11 is 0. The topological polar surface area (TPSA) is 125 Å². The number of rotatable bonds is 5. The first-order chi connectivity index (χ1) is 12.2. The molecule has 2 aromatic carbocycles. The van der Waals surface area contributed by atoms with Crippen molar-refractivity contribution in [1.29, 1.82) is 10.5 Å². The fraction of sp³-hybridized carbons (Fsp3) is 0.167. The highest BCUT2D eigenvalue weighted by molar-refractivity contribution is 6.28. The maximum absolute atomic E-state index is 12.5. The standard InChI is InChI=1S/C18H12N6O/c19-9-14-11-5-6-16(22-7-2-8-23-24-21)12-3-1-4-13(17(11)12)18(25)15(14)10-20/h1,3-6,22H,2,7-8H2. The highest BCUT2D eigenvalue weighted by Gasteiger charge is 2.28. The van der Waals surface area contributed by atoms with Gasteiger partial charge in [-0.1, -0.05) is 29.4 Å². The summed E-state index contributed by atoms with van der Waals surface area (Å²) in [6.07, 6.45) is 0.674. The molecule has 0 amide bonds. The van der Waals surface area contributed by atoms with Gasteiger partial charge in [-0.2, -0.15) is 10.5 Å². The molecule has 7 heteroatoms. The Labute approximate surface area is 143 Å². The number of nitrogens with zero attached hydrogens (tertiary/aromatic N) is 5. The van der Waals surface area contributed by atoms with Crippen LogP contribution in [0.15, 0.2) is 41.0 Å². The lowest BCUT2D eigenvalue weighted by atomic mass is 9.83. The van der Waals surface area contributed by atoms with Gasteiger partial charge in [0.25, 0.3) is 0 Å². The molecule has 0 saturated carbocycles. The summed E-state index contributed by atoms with van der Waals surface area (Å²) in [6, 6.07) is 12.7. The predicted octanol–water partition coefficient (Wildman–Crippen LogP) is 3.95. The van der Waals surface area contributed by atoms with Crippen molar-refractivity contribution in [3.8, 4) is 12.1 Å². The van der Waals surface area contributed by atoms with Gasteiger partial charge in [0.1, 0.15) is 17.7 Å². The third-order valence-corrected chi connectivity index (χ3v) is 4.07. The van der Waals surface area contributed by atoms with Crippen molar-refractivity contribution in [2.45, 2.75) is 6.42 Å². The van der Waals surface area contributed by atoms with Gasteiger partial charge in [0.15, 0.2) is 0 Å². The van der Waals surface area contributed by atoms with Crippen LogP contribution < -0.4 is 5.32 Å². The first kappa shape index (κ1) is 16.1. The van der Waals surface area contributed by atoms with E-state index in [1.807, 2.05) is 24.3 Å². The quantitative estimate of drug-likeness (QED) is 0.386. The number of allylic oxidation sites excluding steroid dienone is 2. The van der Waals surface area contributed by atoms with Crippen molar-refractivity contribution in [3.05, 3.63) is 57.5 Å². The van der Waals surface area contributed by atoms with E-state index in [0.29, 0.717) is 36.0 Å². The minimum absolute atomic E-state index is 0.113. The van der Waals surface area contributed by atoms with Crippen molar-refractivity contribution >= 4 is 27.8 Å². The first-order valence-electron chi connectivity index (χ1n) is 7.63. The number of carbonyl (C=O) groups is 1. The van der Waals surface area contributed by atoms with Crippen molar-refractivity contribution in [2.75, 3.05) is 18.4 Å². The van der Waals surface area contributed by atoms with Gasteiger partial charge in [0, 0.05) is 45.6 Å². The van der Waals surface area contributed by atoms with E-state index in [-0.39, 0.29) is 11.1 Å². The monoisotopic (exact) mass is 328 g/mol. The second-order valence-corrected chi connectivity index (χ2v) is 5.43. The lowest BCUT2D eigenvalue weighted by Gasteiger charge is -2.19. The average molecular weight is 328 g/mol.